The van der Waals surface area contributed by atoms with Gasteiger partial charge in [0.2, 0.25) is 0 Å². The predicted octanol–water partition coefficient (Wildman–Crippen LogP) is 0.698. The molecule has 0 aromatic carbocycles. The maximum absolute atomic E-state index is 11.8. The monoisotopic (exact) mass is 279 g/mol. The zero-order valence-electron chi connectivity index (χ0n) is 12.7. The Morgan fingerprint density at radius 3 is 2.70 bits per heavy atom. The molecule has 2 rings (SSSR count). The lowest BCUT2D eigenvalue weighted by Gasteiger charge is -2.34. The first-order valence-corrected chi connectivity index (χ1v) is 7.24. The van der Waals surface area contributed by atoms with Gasteiger partial charge in [-0.3, -0.25) is 4.68 Å². The SMILES string of the molecule is CN(C)C(=O)N1CCC(NCCc2ccnn2C)CC1. The molecule has 2 heterocycles. The second-order valence-corrected chi connectivity index (χ2v) is 5.59. The van der Waals surface area contributed by atoms with E-state index < -0.39 is 0 Å². The minimum atomic E-state index is 0.123. The number of hydrogen-bond donors (Lipinski definition) is 1. The Balaban J connectivity index is 1.67. The summed E-state index contributed by atoms with van der Waals surface area (Å²) < 4.78 is 1.92. The number of aryl methyl sites for hydroxylation is 1. The van der Waals surface area contributed by atoms with E-state index in [1.165, 1.54) is 5.69 Å². The summed E-state index contributed by atoms with van der Waals surface area (Å²) in [6.07, 6.45) is 4.89. The first-order chi connectivity index (χ1) is 9.58. The van der Waals surface area contributed by atoms with E-state index in [-0.39, 0.29) is 6.03 Å². The number of nitrogens with zero attached hydrogens (tertiary/aromatic N) is 4. The van der Waals surface area contributed by atoms with Gasteiger partial charge < -0.3 is 15.1 Å². The summed E-state index contributed by atoms with van der Waals surface area (Å²) in [5.41, 5.74) is 1.25. The number of amides is 2. The van der Waals surface area contributed by atoms with Gasteiger partial charge in [0, 0.05) is 65.1 Å². The zero-order chi connectivity index (χ0) is 14.5. The van der Waals surface area contributed by atoms with E-state index in [2.05, 4.69) is 16.5 Å². The summed E-state index contributed by atoms with van der Waals surface area (Å²) in [4.78, 5) is 15.4. The van der Waals surface area contributed by atoms with Crippen LogP contribution in [0.5, 0.6) is 0 Å². The van der Waals surface area contributed by atoms with Crippen molar-refractivity contribution in [3.8, 4) is 0 Å². The van der Waals surface area contributed by atoms with Crippen molar-refractivity contribution in [3.05, 3.63) is 18.0 Å². The molecule has 0 spiro atoms. The summed E-state index contributed by atoms with van der Waals surface area (Å²) in [6, 6.07) is 2.70. The number of nitrogens with one attached hydrogen (secondary N) is 1. The van der Waals surface area contributed by atoms with E-state index in [1.807, 2.05) is 22.8 Å². The number of likely N-dealkylation sites (tertiary alicyclic amines) is 1. The molecule has 0 radical (unpaired) electrons. The van der Waals surface area contributed by atoms with Gasteiger partial charge in [0.25, 0.3) is 0 Å². The van der Waals surface area contributed by atoms with Crippen molar-refractivity contribution in [3.63, 3.8) is 0 Å². The quantitative estimate of drug-likeness (QED) is 0.882. The van der Waals surface area contributed by atoms with Crippen LogP contribution in [0, 0.1) is 0 Å². The topological polar surface area (TPSA) is 53.4 Å². The van der Waals surface area contributed by atoms with Gasteiger partial charge in [0.05, 0.1) is 0 Å². The average molecular weight is 279 g/mol. The van der Waals surface area contributed by atoms with Gasteiger partial charge in [-0.1, -0.05) is 0 Å². The number of aromatic nitrogens is 2. The Bertz CT molecular complexity index is 435. The van der Waals surface area contributed by atoms with Gasteiger partial charge in [-0.25, -0.2) is 4.79 Å². The fraction of sp³-hybridized carbons (Fsp3) is 0.714. The Morgan fingerprint density at radius 1 is 1.45 bits per heavy atom. The van der Waals surface area contributed by atoms with Crippen LogP contribution in [-0.4, -0.2) is 65.4 Å². The highest BCUT2D eigenvalue weighted by atomic mass is 16.2. The van der Waals surface area contributed by atoms with Crippen molar-refractivity contribution in [2.45, 2.75) is 25.3 Å². The normalized spacial score (nSPS) is 16.4. The Kier molecular flexibility index (Phi) is 5.00. The average Bonchev–Trinajstić information content (AvgIpc) is 2.84. The van der Waals surface area contributed by atoms with E-state index in [9.17, 15) is 4.79 Å². The summed E-state index contributed by atoms with van der Waals surface area (Å²) in [7, 11) is 5.59. The highest BCUT2D eigenvalue weighted by molar-refractivity contribution is 5.73. The van der Waals surface area contributed by atoms with Crippen LogP contribution in [0.3, 0.4) is 0 Å². The molecular formula is C14H25N5O. The lowest BCUT2D eigenvalue weighted by molar-refractivity contribution is 0.152. The molecule has 6 nitrogen and oxygen atoms in total. The van der Waals surface area contributed by atoms with Crippen molar-refractivity contribution < 1.29 is 4.79 Å². The van der Waals surface area contributed by atoms with Crippen LogP contribution in [0.15, 0.2) is 12.3 Å². The summed E-state index contributed by atoms with van der Waals surface area (Å²) >= 11 is 0. The number of carbonyl (C=O) groups is 1. The Hall–Kier alpha value is -1.56. The third kappa shape index (κ3) is 3.72. The number of hydrogen-bond acceptors (Lipinski definition) is 3. The number of rotatable bonds is 4. The molecule has 112 valence electrons. The molecule has 20 heavy (non-hydrogen) atoms. The molecule has 1 aliphatic heterocycles. The third-order valence-electron chi connectivity index (χ3n) is 3.88. The maximum Gasteiger partial charge on any atom is 0.319 e. The van der Waals surface area contributed by atoms with Crippen LogP contribution in [0.1, 0.15) is 18.5 Å². The molecule has 6 heteroatoms. The Morgan fingerprint density at radius 2 is 2.15 bits per heavy atom. The number of urea groups is 1. The lowest BCUT2D eigenvalue weighted by atomic mass is 10.1. The highest BCUT2D eigenvalue weighted by Crippen LogP contribution is 2.11. The largest absolute Gasteiger partial charge is 0.331 e. The predicted molar refractivity (Wildman–Crippen MR) is 78.6 cm³/mol. The molecule has 1 aromatic heterocycles. The molecule has 2 amide bonds. The van der Waals surface area contributed by atoms with Gasteiger partial charge >= 0.3 is 6.03 Å². The number of carbonyl (C=O) groups excluding carboxylic acids is 1. The fourth-order valence-corrected chi connectivity index (χ4v) is 2.61. The lowest BCUT2D eigenvalue weighted by Crippen LogP contribution is -2.48. The van der Waals surface area contributed by atoms with Crippen molar-refractivity contribution in [2.24, 2.45) is 7.05 Å². The molecule has 1 aromatic rings. The van der Waals surface area contributed by atoms with E-state index in [1.54, 1.807) is 19.0 Å². The van der Waals surface area contributed by atoms with Crippen LogP contribution in [0.25, 0.3) is 0 Å². The minimum Gasteiger partial charge on any atom is -0.331 e. The van der Waals surface area contributed by atoms with E-state index in [0.29, 0.717) is 6.04 Å². The minimum absolute atomic E-state index is 0.123. The molecule has 0 saturated carbocycles. The van der Waals surface area contributed by atoms with E-state index >= 15 is 0 Å². The molecule has 1 aliphatic rings. The zero-order valence-corrected chi connectivity index (χ0v) is 12.7. The van der Waals surface area contributed by atoms with Crippen LogP contribution in [0.2, 0.25) is 0 Å². The molecule has 1 saturated heterocycles. The van der Waals surface area contributed by atoms with Gasteiger partial charge in [-0.05, 0) is 18.9 Å². The molecule has 0 atom stereocenters. The smallest absolute Gasteiger partial charge is 0.319 e. The van der Waals surface area contributed by atoms with Gasteiger partial charge in [-0.15, -0.1) is 0 Å². The number of piperidine rings is 1. The summed E-state index contributed by atoms with van der Waals surface area (Å²) in [6.45, 7) is 2.66. The fourth-order valence-electron chi connectivity index (χ4n) is 2.61. The van der Waals surface area contributed by atoms with Crippen LogP contribution >= 0.6 is 0 Å². The van der Waals surface area contributed by atoms with Crippen molar-refractivity contribution >= 4 is 6.03 Å². The summed E-state index contributed by atoms with van der Waals surface area (Å²) in [5.74, 6) is 0. The van der Waals surface area contributed by atoms with E-state index in [0.717, 1.165) is 38.9 Å². The molecule has 1 fully saturated rings. The second-order valence-electron chi connectivity index (χ2n) is 5.59. The molecule has 0 bridgehead atoms. The highest BCUT2D eigenvalue weighted by Gasteiger charge is 2.23. The maximum atomic E-state index is 11.8. The van der Waals surface area contributed by atoms with Crippen LogP contribution in [-0.2, 0) is 13.5 Å². The van der Waals surface area contributed by atoms with Gasteiger partial charge in [0.1, 0.15) is 0 Å². The summed E-state index contributed by atoms with van der Waals surface area (Å²) in [5, 5.41) is 7.75. The van der Waals surface area contributed by atoms with E-state index in [4.69, 9.17) is 0 Å². The first kappa shape index (κ1) is 14.8. The van der Waals surface area contributed by atoms with Crippen molar-refractivity contribution in [2.75, 3.05) is 33.7 Å². The van der Waals surface area contributed by atoms with Crippen molar-refractivity contribution in [1.82, 2.24) is 24.9 Å². The van der Waals surface area contributed by atoms with Crippen molar-refractivity contribution in [1.29, 1.82) is 0 Å². The first-order valence-electron chi connectivity index (χ1n) is 7.24. The second kappa shape index (κ2) is 6.74. The van der Waals surface area contributed by atoms with Crippen LogP contribution < -0.4 is 5.32 Å². The van der Waals surface area contributed by atoms with Gasteiger partial charge in [0.15, 0.2) is 0 Å². The van der Waals surface area contributed by atoms with Gasteiger partial charge in [-0.2, -0.15) is 5.10 Å². The standard InChI is InChI=1S/C14H25N5O/c1-17(2)14(20)19-10-6-12(7-11-19)15-8-4-13-5-9-16-18(13)3/h5,9,12,15H,4,6-8,10-11H2,1-3H3. The Labute approximate surface area is 120 Å². The third-order valence-corrected chi connectivity index (χ3v) is 3.88. The van der Waals surface area contributed by atoms with Crippen LogP contribution in [0.4, 0.5) is 4.79 Å². The molecule has 0 aliphatic carbocycles. The molecule has 0 unspecified atom stereocenters. The molecule has 1 N–H and O–H groups in total. The molecular weight excluding hydrogens is 254 g/mol.